The third-order valence-corrected chi connectivity index (χ3v) is 4.88. The molecule has 1 aromatic carbocycles. The Labute approximate surface area is 148 Å². The molecule has 0 saturated carbocycles. The third kappa shape index (κ3) is 4.65. The lowest BCUT2D eigenvalue weighted by atomic mass is 9.96. The predicted molar refractivity (Wildman–Crippen MR) is 93.7 cm³/mol. The van der Waals surface area contributed by atoms with Gasteiger partial charge >= 0.3 is 0 Å². The fourth-order valence-corrected chi connectivity index (χ4v) is 3.35. The van der Waals surface area contributed by atoms with Gasteiger partial charge in [-0.25, -0.2) is 0 Å². The van der Waals surface area contributed by atoms with Gasteiger partial charge in [0.1, 0.15) is 11.5 Å². The number of carbonyl (C=O) groups is 2. The van der Waals surface area contributed by atoms with Crippen molar-refractivity contribution in [2.24, 2.45) is 5.92 Å². The minimum Gasteiger partial charge on any atom is -0.497 e. The number of carbonyl (C=O) groups excluding carboxylic acids is 2. The molecular weight excluding hydrogens is 320 g/mol. The Hall–Kier alpha value is -2.24. The van der Waals surface area contributed by atoms with Crippen LogP contribution in [0.5, 0.6) is 11.5 Å². The van der Waals surface area contributed by atoms with E-state index in [1.54, 1.807) is 12.0 Å². The highest BCUT2D eigenvalue weighted by atomic mass is 16.5. The summed E-state index contributed by atoms with van der Waals surface area (Å²) in [6.45, 7) is 2.49. The molecule has 1 saturated heterocycles. The first-order chi connectivity index (χ1) is 12.2. The van der Waals surface area contributed by atoms with Gasteiger partial charge in [0, 0.05) is 44.5 Å². The van der Waals surface area contributed by atoms with Gasteiger partial charge in [-0.1, -0.05) is 6.07 Å². The summed E-state index contributed by atoms with van der Waals surface area (Å²) in [4.78, 5) is 25.6. The molecule has 1 N–H and O–H groups in total. The number of hydrogen-bond acceptors (Lipinski definition) is 4. The first-order valence-electron chi connectivity index (χ1n) is 9.00. The van der Waals surface area contributed by atoms with Crippen LogP contribution < -0.4 is 14.8 Å². The van der Waals surface area contributed by atoms with Crippen molar-refractivity contribution in [3.8, 4) is 11.5 Å². The second kappa shape index (κ2) is 8.23. The number of nitrogens with zero attached hydrogens (tertiary/aromatic N) is 1. The van der Waals surface area contributed by atoms with Crippen LogP contribution in [0, 0.1) is 5.92 Å². The van der Waals surface area contributed by atoms with Crippen LogP contribution in [0.2, 0.25) is 0 Å². The minimum absolute atomic E-state index is 0.00102. The molecule has 1 unspecified atom stereocenters. The molecule has 2 aliphatic rings. The number of rotatable bonds is 6. The van der Waals surface area contributed by atoms with E-state index in [0.717, 1.165) is 42.9 Å². The van der Waals surface area contributed by atoms with Crippen molar-refractivity contribution in [2.75, 3.05) is 33.4 Å². The zero-order valence-corrected chi connectivity index (χ0v) is 14.8. The Morgan fingerprint density at radius 2 is 2.28 bits per heavy atom. The Morgan fingerprint density at radius 3 is 3.08 bits per heavy atom. The number of piperidine rings is 1. The van der Waals surface area contributed by atoms with Crippen molar-refractivity contribution in [2.45, 2.75) is 32.1 Å². The number of likely N-dealkylation sites (tertiary alicyclic amines) is 1. The zero-order chi connectivity index (χ0) is 17.6. The molecule has 0 bridgehead atoms. The Morgan fingerprint density at radius 1 is 1.40 bits per heavy atom. The van der Waals surface area contributed by atoms with Gasteiger partial charge in [-0.05, 0) is 30.9 Å². The average Bonchev–Trinajstić information content (AvgIpc) is 2.65. The average molecular weight is 346 g/mol. The highest BCUT2D eigenvalue weighted by Gasteiger charge is 2.22. The highest BCUT2D eigenvalue weighted by molar-refractivity contribution is 5.79. The van der Waals surface area contributed by atoms with Crippen LogP contribution in [0.25, 0.3) is 0 Å². The second-order valence-corrected chi connectivity index (χ2v) is 6.75. The van der Waals surface area contributed by atoms with E-state index in [1.165, 1.54) is 0 Å². The Kier molecular flexibility index (Phi) is 5.79. The summed E-state index contributed by atoms with van der Waals surface area (Å²) in [7, 11) is 1.64. The van der Waals surface area contributed by atoms with E-state index >= 15 is 0 Å². The minimum atomic E-state index is -0.00102. The van der Waals surface area contributed by atoms with Crippen LogP contribution in [0.1, 0.15) is 31.2 Å². The number of hydrogen-bond donors (Lipinski definition) is 1. The van der Waals surface area contributed by atoms with Crippen LogP contribution in [0.4, 0.5) is 0 Å². The standard InChI is InChI=1S/C19H26N2O4/c1-24-16-6-5-15-10-14(13-25-17(15)11-16)12-20-18(22)7-9-21-8-3-2-4-19(21)23/h5-6,11,14H,2-4,7-10,12-13H2,1H3,(H,20,22). The SMILES string of the molecule is COc1ccc2c(c1)OCC(CNC(=O)CCN1CCCCC1=O)C2. The molecule has 2 heterocycles. The van der Waals surface area contributed by atoms with E-state index in [9.17, 15) is 9.59 Å². The molecule has 0 aromatic heterocycles. The number of ether oxygens (including phenoxy) is 2. The van der Waals surface area contributed by atoms with Crippen molar-refractivity contribution >= 4 is 11.8 Å². The molecule has 1 fully saturated rings. The summed E-state index contributed by atoms with van der Waals surface area (Å²) >= 11 is 0. The van der Waals surface area contributed by atoms with Crippen LogP contribution >= 0.6 is 0 Å². The zero-order valence-electron chi connectivity index (χ0n) is 14.8. The fourth-order valence-electron chi connectivity index (χ4n) is 3.35. The van der Waals surface area contributed by atoms with Gasteiger partial charge in [0.25, 0.3) is 0 Å². The lowest BCUT2D eigenvalue weighted by Gasteiger charge is -2.27. The monoisotopic (exact) mass is 346 g/mol. The van der Waals surface area contributed by atoms with Crippen LogP contribution in [-0.4, -0.2) is 50.1 Å². The first-order valence-corrected chi connectivity index (χ1v) is 9.00. The summed E-state index contributed by atoms with van der Waals surface area (Å²) in [6, 6.07) is 5.85. The summed E-state index contributed by atoms with van der Waals surface area (Å²) in [5.74, 6) is 2.09. The normalized spacial score (nSPS) is 19.8. The Balaban J connectivity index is 1.41. The maximum atomic E-state index is 12.1. The van der Waals surface area contributed by atoms with Gasteiger partial charge in [-0.15, -0.1) is 0 Å². The van der Waals surface area contributed by atoms with Gasteiger partial charge in [0.05, 0.1) is 13.7 Å². The predicted octanol–water partition coefficient (Wildman–Crippen LogP) is 1.77. The van der Waals surface area contributed by atoms with Gasteiger partial charge in [-0.2, -0.15) is 0 Å². The first kappa shape index (κ1) is 17.6. The summed E-state index contributed by atoms with van der Waals surface area (Å²) in [6.07, 6.45) is 3.87. The molecule has 2 amide bonds. The number of benzene rings is 1. The molecule has 1 aromatic rings. The van der Waals surface area contributed by atoms with Crippen LogP contribution in [-0.2, 0) is 16.0 Å². The maximum absolute atomic E-state index is 12.1. The molecule has 1 atom stereocenters. The molecule has 6 heteroatoms. The lowest BCUT2D eigenvalue weighted by Crippen LogP contribution is -2.39. The quantitative estimate of drug-likeness (QED) is 0.852. The summed E-state index contributed by atoms with van der Waals surface area (Å²) in [5, 5.41) is 2.98. The number of nitrogens with one attached hydrogen (secondary N) is 1. The Bertz CT molecular complexity index is 632. The van der Waals surface area contributed by atoms with Gasteiger partial charge < -0.3 is 19.7 Å². The number of methoxy groups -OCH3 is 1. The topological polar surface area (TPSA) is 67.9 Å². The molecule has 136 valence electrons. The second-order valence-electron chi connectivity index (χ2n) is 6.75. The molecule has 6 nitrogen and oxygen atoms in total. The fraction of sp³-hybridized carbons (Fsp3) is 0.579. The molecule has 2 aliphatic heterocycles. The van der Waals surface area contributed by atoms with E-state index in [-0.39, 0.29) is 17.7 Å². The van der Waals surface area contributed by atoms with Crippen molar-refractivity contribution in [3.63, 3.8) is 0 Å². The highest BCUT2D eigenvalue weighted by Crippen LogP contribution is 2.30. The van der Waals surface area contributed by atoms with Crippen molar-refractivity contribution < 1.29 is 19.1 Å². The van der Waals surface area contributed by atoms with E-state index in [2.05, 4.69) is 5.32 Å². The van der Waals surface area contributed by atoms with Crippen LogP contribution in [0.15, 0.2) is 18.2 Å². The van der Waals surface area contributed by atoms with E-state index in [0.29, 0.717) is 32.5 Å². The van der Waals surface area contributed by atoms with Gasteiger partial charge in [-0.3, -0.25) is 9.59 Å². The van der Waals surface area contributed by atoms with Gasteiger partial charge in [0.15, 0.2) is 0 Å². The smallest absolute Gasteiger partial charge is 0.222 e. The summed E-state index contributed by atoms with van der Waals surface area (Å²) in [5.41, 5.74) is 1.14. The van der Waals surface area contributed by atoms with Crippen LogP contribution in [0.3, 0.4) is 0 Å². The largest absolute Gasteiger partial charge is 0.497 e. The molecule has 25 heavy (non-hydrogen) atoms. The van der Waals surface area contributed by atoms with E-state index in [4.69, 9.17) is 9.47 Å². The van der Waals surface area contributed by atoms with E-state index in [1.807, 2.05) is 18.2 Å². The van der Waals surface area contributed by atoms with E-state index < -0.39 is 0 Å². The molecule has 3 rings (SSSR count). The maximum Gasteiger partial charge on any atom is 0.222 e. The summed E-state index contributed by atoms with van der Waals surface area (Å²) < 4.78 is 11.0. The molecule has 0 spiro atoms. The van der Waals surface area contributed by atoms with Gasteiger partial charge in [0.2, 0.25) is 11.8 Å². The van der Waals surface area contributed by atoms with Crippen molar-refractivity contribution in [1.29, 1.82) is 0 Å². The third-order valence-electron chi connectivity index (χ3n) is 4.88. The van der Waals surface area contributed by atoms with Crippen molar-refractivity contribution in [1.82, 2.24) is 10.2 Å². The number of amides is 2. The molecule has 0 aliphatic carbocycles. The molecule has 0 radical (unpaired) electrons. The molecular formula is C19H26N2O4. The lowest BCUT2D eigenvalue weighted by molar-refractivity contribution is -0.133. The van der Waals surface area contributed by atoms with Crippen molar-refractivity contribution in [3.05, 3.63) is 23.8 Å². The number of fused-ring (bicyclic) bond motifs is 1.